The third-order valence-electron chi connectivity index (χ3n) is 3.71. The van der Waals surface area contributed by atoms with E-state index >= 15 is 0 Å². The van der Waals surface area contributed by atoms with Crippen molar-refractivity contribution in [2.24, 2.45) is 5.92 Å². The number of carbonyl (C=O) groups excluding carboxylic acids is 1. The number of hydrogen-bond acceptors (Lipinski definition) is 4. The molecule has 23 heavy (non-hydrogen) atoms. The van der Waals surface area contributed by atoms with E-state index in [-0.39, 0.29) is 5.91 Å². The van der Waals surface area contributed by atoms with Crippen LogP contribution in [0.5, 0.6) is 5.75 Å². The Hall–Kier alpha value is -1.66. The molecule has 0 spiro atoms. The number of amides is 1. The summed E-state index contributed by atoms with van der Waals surface area (Å²) in [5.74, 6) is 1.07. The summed E-state index contributed by atoms with van der Waals surface area (Å²) in [5.41, 5.74) is 0.582. The van der Waals surface area contributed by atoms with Crippen molar-refractivity contribution in [2.75, 3.05) is 39.8 Å². The van der Waals surface area contributed by atoms with E-state index in [1.54, 1.807) is 12.1 Å². The number of hydrogen-bond donors (Lipinski definition) is 1. The predicted octanol–water partition coefficient (Wildman–Crippen LogP) is 1.98. The van der Waals surface area contributed by atoms with Crippen molar-refractivity contribution >= 4 is 23.2 Å². The van der Waals surface area contributed by atoms with Crippen molar-refractivity contribution in [2.45, 2.75) is 13.8 Å². The normalized spacial score (nSPS) is 15.6. The standard InChI is InChI=1S/C17H25N3O2S/c1-13(2)12-22-15-6-4-14(5-7-15)16(21)18-17(23)20-10-8-19(3)9-11-20/h4-7,13H,8-12H2,1-3H3,(H,18,21,23). The number of nitrogens with one attached hydrogen (secondary N) is 1. The van der Waals surface area contributed by atoms with E-state index in [4.69, 9.17) is 17.0 Å². The zero-order valence-electron chi connectivity index (χ0n) is 14.0. The molecule has 0 atom stereocenters. The van der Waals surface area contributed by atoms with Gasteiger partial charge in [-0.25, -0.2) is 0 Å². The minimum atomic E-state index is -0.177. The fourth-order valence-corrected chi connectivity index (χ4v) is 2.50. The molecular weight excluding hydrogens is 310 g/mol. The van der Waals surface area contributed by atoms with Crippen molar-refractivity contribution in [3.63, 3.8) is 0 Å². The zero-order chi connectivity index (χ0) is 16.8. The largest absolute Gasteiger partial charge is 0.493 e. The van der Waals surface area contributed by atoms with Crippen LogP contribution in [0.3, 0.4) is 0 Å². The number of benzene rings is 1. The van der Waals surface area contributed by atoms with Gasteiger partial charge < -0.3 is 14.5 Å². The first-order valence-electron chi connectivity index (χ1n) is 7.97. The molecule has 0 aromatic heterocycles. The summed E-state index contributed by atoms with van der Waals surface area (Å²) in [6.07, 6.45) is 0. The van der Waals surface area contributed by atoms with Gasteiger partial charge in [0, 0.05) is 31.7 Å². The number of ether oxygens (including phenoxy) is 1. The van der Waals surface area contributed by atoms with Crippen LogP contribution in [0, 0.1) is 5.92 Å². The smallest absolute Gasteiger partial charge is 0.257 e. The molecular formula is C17H25N3O2S. The van der Waals surface area contributed by atoms with E-state index in [0.29, 0.717) is 23.2 Å². The lowest BCUT2D eigenvalue weighted by molar-refractivity contribution is 0.0970. The molecule has 5 nitrogen and oxygen atoms in total. The molecule has 0 saturated carbocycles. The molecule has 6 heteroatoms. The highest BCUT2D eigenvalue weighted by Crippen LogP contribution is 2.13. The van der Waals surface area contributed by atoms with Gasteiger partial charge in [0.05, 0.1) is 6.61 Å². The number of carbonyl (C=O) groups is 1. The summed E-state index contributed by atoms with van der Waals surface area (Å²) in [6.45, 7) is 8.46. The lowest BCUT2D eigenvalue weighted by Gasteiger charge is -2.33. The van der Waals surface area contributed by atoms with Gasteiger partial charge in [-0.05, 0) is 49.4 Å². The van der Waals surface area contributed by atoms with Crippen LogP contribution in [0.4, 0.5) is 0 Å². The third kappa shape index (κ3) is 5.48. The molecule has 1 saturated heterocycles. The van der Waals surface area contributed by atoms with Gasteiger partial charge in [0.25, 0.3) is 5.91 Å². The van der Waals surface area contributed by atoms with Gasteiger partial charge >= 0.3 is 0 Å². The average molecular weight is 335 g/mol. The molecule has 1 amide bonds. The summed E-state index contributed by atoms with van der Waals surface area (Å²) in [6, 6.07) is 7.15. The molecule has 1 aromatic carbocycles. The molecule has 0 aliphatic carbocycles. The highest BCUT2D eigenvalue weighted by Gasteiger charge is 2.18. The lowest BCUT2D eigenvalue weighted by atomic mass is 10.2. The van der Waals surface area contributed by atoms with Gasteiger partial charge in [-0.15, -0.1) is 0 Å². The van der Waals surface area contributed by atoms with E-state index in [2.05, 4.69) is 31.1 Å². The predicted molar refractivity (Wildman–Crippen MR) is 95.9 cm³/mol. The van der Waals surface area contributed by atoms with Crippen LogP contribution in [0.1, 0.15) is 24.2 Å². The Morgan fingerprint density at radius 3 is 2.39 bits per heavy atom. The summed E-state index contributed by atoms with van der Waals surface area (Å²) in [4.78, 5) is 16.5. The second kappa shape index (κ2) is 8.26. The van der Waals surface area contributed by atoms with Crippen LogP contribution < -0.4 is 10.1 Å². The van der Waals surface area contributed by atoms with Crippen molar-refractivity contribution < 1.29 is 9.53 Å². The number of thiocarbonyl (C=S) groups is 1. The van der Waals surface area contributed by atoms with Gasteiger partial charge in [0.1, 0.15) is 5.75 Å². The van der Waals surface area contributed by atoms with Crippen molar-refractivity contribution in [3.05, 3.63) is 29.8 Å². The second-order valence-electron chi connectivity index (χ2n) is 6.28. The first-order chi connectivity index (χ1) is 11.0. The molecule has 0 unspecified atom stereocenters. The number of nitrogens with zero attached hydrogens (tertiary/aromatic N) is 2. The Morgan fingerprint density at radius 2 is 1.83 bits per heavy atom. The third-order valence-corrected chi connectivity index (χ3v) is 4.07. The summed E-state index contributed by atoms with van der Waals surface area (Å²) in [5, 5.41) is 3.31. The summed E-state index contributed by atoms with van der Waals surface area (Å²) >= 11 is 5.34. The van der Waals surface area contributed by atoms with Crippen LogP contribution in [-0.4, -0.2) is 60.7 Å². The van der Waals surface area contributed by atoms with E-state index in [1.807, 2.05) is 17.0 Å². The van der Waals surface area contributed by atoms with Gasteiger partial charge in [-0.1, -0.05) is 13.8 Å². The lowest BCUT2D eigenvalue weighted by Crippen LogP contribution is -2.51. The maximum absolute atomic E-state index is 12.3. The molecule has 2 rings (SSSR count). The van der Waals surface area contributed by atoms with E-state index in [0.717, 1.165) is 31.9 Å². The fourth-order valence-electron chi connectivity index (χ4n) is 2.22. The molecule has 1 aliphatic heterocycles. The van der Waals surface area contributed by atoms with E-state index in [9.17, 15) is 4.79 Å². The Kier molecular flexibility index (Phi) is 6.36. The maximum atomic E-state index is 12.3. The molecule has 0 radical (unpaired) electrons. The molecule has 1 aromatic rings. The van der Waals surface area contributed by atoms with Gasteiger partial charge in [-0.3, -0.25) is 10.1 Å². The minimum absolute atomic E-state index is 0.177. The average Bonchev–Trinajstić information content (AvgIpc) is 2.54. The fraction of sp³-hybridized carbons (Fsp3) is 0.529. The SMILES string of the molecule is CC(C)COc1ccc(C(=O)NC(=S)N2CCN(C)CC2)cc1. The summed E-state index contributed by atoms with van der Waals surface area (Å²) < 4.78 is 5.62. The van der Waals surface area contributed by atoms with Crippen LogP contribution in [-0.2, 0) is 0 Å². The molecule has 1 N–H and O–H groups in total. The Labute approximate surface area is 143 Å². The Bertz CT molecular complexity index is 537. The van der Waals surface area contributed by atoms with Crippen molar-refractivity contribution in [3.8, 4) is 5.75 Å². The van der Waals surface area contributed by atoms with Crippen LogP contribution in [0.2, 0.25) is 0 Å². The molecule has 1 aliphatic rings. The molecule has 0 bridgehead atoms. The quantitative estimate of drug-likeness (QED) is 0.853. The van der Waals surface area contributed by atoms with Crippen LogP contribution >= 0.6 is 12.2 Å². The van der Waals surface area contributed by atoms with E-state index in [1.165, 1.54) is 0 Å². The topological polar surface area (TPSA) is 44.8 Å². The number of piperazine rings is 1. The maximum Gasteiger partial charge on any atom is 0.257 e. The van der Waals surface area contributed by atoms with Crippen molar-refractivity contribution in [1.82, 2.24) is 15.1 Å². The second-order valence-corrected chi connectivity index (χ2v) is 6.67. The zero-order valence-corrected chi connectivity index (χ0v) is 14.9. The molecule has 1 heterocycles. The number of likely N-dealkylation sites (N-methyl/N-ethyl adjacent to an activating group) is 1. The highest BCUT2D eigenvalue weighted by atomic mass is 32.1. The van der Waals surface area contributed by atoms with Gasteiger partial charge in [-0.2, -0.15) is 0 Å². The number of rotatable bonds is 4. The Balaban J connectivity index is 1.86. The minimum Gasteiger partial charge on any atom is -0.493 e. The highest BCUT2D eigenvalue weighted by molar-refractivity contribution is 7.80. The van der Waals surface area contributed by atoms with Gasteiger partial charge in [0.2, 0.25) is 0 Å². The van der Waals surface area contributed by atoms with Crippen LogP contribution in [0.15, 0.2) is 24.3 Å². The first-order valence-corrected chi connectivity index (χ1v) is 8.38. The van der Waals surface area contributed by atoms with Gasteiger partial charge in [0.15, 0.2) is 5.11 Å². The summed E-state index contributed by atoms with van der Waals surface area (Å²) in [7, 11) is 2.09. The Morgan fingerprint density at radius 1 is 1.22 bits per heavy atom. The first kappa shape index (κ1) is 17.7. The van der Waals surface area contributed by atoms with Crippen LogP contribution in [0.25, 0.3) is 0 Å². The molecule has 1 fully saturated rings. The monoisotopic (exact) mass is 335 g/mol. The molecule has 126 valence electrons. The van der Waals surface area contributed by atoms with E-state index < -0.39 is 0 Å². The van der Waals surface area contributed by atoms with Crippen molar-refractivity contribution in [1.29, 1.82) is 0 Å².